The zero-order chi connectivity index (χ0) is 32.8. The maximum absolute atomic E-state index is 12.0. The predicted molar refractivity (Wildman–Crippen MR) is 187 cm³/mol. The summed E-state index contributed by atoms with van der Waals surface area (Å²) in [7, 11) is 3.27. The van der Waals surface area contributed by atoms with Crippen LogP contribution in [0.4, 0.5) is 4.79 Å². The molecule has 7 rings (SSSR count). The Labute approximate surface area is 282 Å². The van der Waals surface area contributed by atoms with Crippen LogP contribution in [0.2, 0.25) is 0 Å². The van der Waals surface area contributed by atoms with Crippen LogP contribution in [-0.4, -0.2) is 55.4 Å². The van der Waals surface area contributed by atoms with Gasteiger partial charge in [0.15, 0.2) is 17.1 Å². The molecular formula is C34H32Br2N6O4. The topological polar surface area (TPSA) is 120 Å². The normalized spacial score (nSPS) is 11.0. The molecule has 0 fully saturated rings. The van der Waals surface area contributed by atoms with E-state index in [0.717, 1.165) is 59.0 Å². The number of nitrogens with zero attached hydrogens (tertiary/aromatic N) is 4. The fourth-order valence-corrected chi connectivity index (χ4v) is 5.54. The number of H-pyrrole nitrogens is 2. The van der Waals surface area contributed by atoms with E-state index >= 15 is 0 Å². The van der Waals surface area contributed by atoms with Crippen LogP contribution in [0.3, 0.4) is 0 Å². The number of hydrogen-bond acceptors (Lipinski definition) is 7. The molecule has 0 unspecified atom stereocenters. The summed E-state index contributed by atoms with van der Waals surface area (Å²) in [5, 5.41) is 3.11. The zero-order valence-electron chi connectivity index (χ0n) is 25.8. The molecule has 0 saturated carbocycles. The summed E-state index contributed by atoms with van der Waals surface area (Å²) in [5.41, 5.74) is 4.05. The number of fused-ring (bicyclic) bond motifs is 3. The summed E-state index contributed by atoms with van der Waals surface area (Å²) in [4.78, 5) is 30.8. The quantitative estimate of drug-likeness (QED) is 0.185. The van der Waals surface area contributed by atoms with Gasteiger partial charge in [-0.15, -0.1) is 0 Å². The molecule has 0 atom stereocenters. The predicted octanol–water partition coefficient (Wildman–Crippen LogP) is 9.15. The number of carbonyl (C=O) groups excluding carboxylic acids is 1. The number of halogens is 2. The molecule has 2 N–H and O–H groups in total. The van der Waals surface area contributed by atoms with Gasteiger partial charge in [-0.25, -0.2) is 24.3 Å². The van der Waals surface area contributed by atoms with Crippen LogP contribution in [0.1, 0.15) is 20.8 Å². The summed E-state index contributed by atoms with van der Waals surface area (Å²) < 4.78 is 19.2. The number of rotatable bonds is 3. The highest BCUT2D eigenvalue weighted by Crippen LogP contribution is 2.35. The zero-order valence-corrected chi connectivity index (χ0v) is 29.0. The molecular weight excluding hydrogens is 716 g/mol. The Morgan fingerprint density at radius 1 is 0.761 bits per heavy atom. The van der Waals surface area contributed by atoms with Crippen molar-refractivity contribution in [2.45, 2.75) is 26.4 Å². The molecule has 6 heterocycles. The van der Waals surface area contributed by atoms with E-state index in [1.165, 1.54) is 4.57 Å². The van der Waals surface area contributed by atoms with Gasteiger partial charge in [-0.1, -0.05) is 6.07 Å². The average molecular weight is 748 g/mol. The summed E-state index contributed by atoms with van der Waals surface area (Å²) in [5.74, 6) is 1.45. The minimum Gasteiger partial charge on any atom is -0.493 e. The van der Waals surface area contributed by atoms with E-state index < -0.39 is 11.7 Å². The molecule has 0 amide bonds. The Balaban J connectivity index is 0.000000142. The van der Waals surface area contributed by atoms with Crippen LogP contribution in [0.5, 0.6) is 11.5 Å². The number of methoxy groups -OCH3 is 2. The van der Waals surface area contributed by atoms with Crippen molar-refractivity contribution in [2.24, 2.45) is 0 Å². The second-order valence-corrected chi connectivity index (χ2v) is 12.6. The number of benzene rings is 1. The van der Waals surface area contributed by atoms with E-state index in [0.29, 0.717) is 5.65 Å². The lowest BCUT2D eigenvalue weighted by molar-refractivity contribution is 0.0543. The van der Waals surface area contributed by atoms with E-state index in [4.69, 9.17) is 14.2 Å². The van der Waals surface area contributed by atoms with Gasteiger partial charge in [-0.3, -0.25) is 0 Å². The molecule has 0 saturated heterocycles. The first-order valence-electron chi connectivity index (χ1n) is 14.2. The maximum Gasteiger partial charge on any atom is 0.420 e. The molecule has 12 heteroatoms. The molecule has 0 aliphatic heterocycles. The largest absolute Gasteiger partial charge is 0.493 e. The van der Waals surface area contributed by atoms with Gasteiger partial charge in [0.05, 0.1) is 14.2 Å². The van der Waals surface area contributed by atoms with Gasteiger partial charge >= 0.3 is 6.09 Å². The number of ether oxygens (including phenoxy) is 3. The lowest BCUT2D eigenvalue weighted by Gasteiger charge is -2.19. The molecule has 0 aliphatic rings. The average Bonchev–Trinajstić information content (AvgIpc) is 3.76. The van der Waals surface area contributed by atoms with Crippen molar-refractivity contribution in [3.8, 4) is 22.6 Å². The Morgan fingerprint density at radius 2 is 1.37 bits per heavy atom. The Hall–Kier alpha value is -4.68. The molecule has 236 valence electrons. The Bertz CT molecular complexity index is 2110. The van der Waals surface area contributed by atoms with Gasteiger partial charge in [-0.2, -0.15) is 0 Å². The van der Waals surface area contributed by atoms with Crippen LogP contribution >= 0.6 is 31.9 Å². The second kappa shape index (κ2) is 14.2. The summed E-state index contributed by atoms with van der Waals surface area (Å²) in [6, 6.07) is 17.5. The number of hydrogen-bond donors (Lipinski definition) is 2. The van der Waals surface area contributed by atoms with Gasteiger partial charge < -0.3 is 24.2 Å². The first-order valence-corrected chi connectivity index (χ1v) is 15.7. The fraction of sp³-hybridized carbons (Fsp3) is 0.176. The molecule has 0 aliphatic carbocycles. The van der Waals surface area contributed by atoms with Crippen molar-refractivity contribution in [3.63, 3.8) is 0 Å². The van der Waals surface area contributed by atoms with Gasteiger partial charge in [-0.05, 0) is 107 Å². The third kappa shape index (κ3) is 7.40. The van der Waals surface area contributed by atoms with E-state index in [9.17, 15) is 4.79 Å². The monoisotopic (exact) mass is 746 g/mol. The molecule has 10 nitrogen and oxygen atoms in total. The van der Waals surface area contributed by atoms with Crippen LogP contribution in [0.15, 0.2) is 101 Å². The molecule has 6 aromatic heterocycles. The Kier molecular flexibility index (Phi) is 10.1. The number of aromatic nitrogens is 6. The summed E-state index contributed by atoms with van der Waals surface area (Å²) >= 11 is 6.79. The van der Waals surface area contributed by atoms with Gasteiger partial charge in [0.25, 0.3) is 0 Å². The van der Waals surface area contributed by atoms with Gasteiger partial charge in [0, 0.05) is 67.8 Å². The molecule has 1 aromatic carbocycles. The first-order chi connectivity index (χ1) is 22.1. The molecule has 7 aromatic rings. The highest BCUT2D eigenvalue weighted by atomic mass is 79.9. The van der Waals surface area contributed by atoms with Crippen molar-refractivity contribution in [2.75, 3.05) is 14.2 Å². The molecule has 0 spiro atoms. The van der Waals surface area contributed by atoms with Crippen molar-refractivity contribution >= 4 is 71.1 Å². The van der Waals surface area contributed by atoms with E-state index in [1.807, 2.05) is 87.8 Å². The third-order valence-corrected chi connectivity index (χ3v) is 7.94. The Morgan fingerprint density at radius 3 is 2.02 bits per heavy atom. The number of nitrogens with one attached hydrogen (secondary N) is 2. The highest BCUT2D eigenvalue weighted by molar-refractivity contribution is 9.11. The van der Waals surface area contributed by atoms with Crippen LogP contribution in [0, 0.1) is 0 Å². The number of pyridine rings is 3. The maximum atomic E-state index is 12.0. The lowest BCUT2D eigenvalue weighted by Crippen LogP contribution is -2.26. The van der Waals surface area contributed by atoms with E-state index in [2.05, 4.69) is 56.8 Å². The highest BCUT2D eigenvalue weighted by Gasteiger charge is 2.20. The summed E-state index contributed by atoms with van der Waals surface area (Å²) in [6.45, 7) is 5.50. The number of aromatic amines is 2. The van der Waals surface area contributed by atoms with Crippen LogP contribution in [-0.2, 0) is 4.74 Å². The summed E-state index contributed by atoms with van der Waals surface area (Å²) in [6.07, 6.45) is 10.3. The second-order valence-electron chi connectivity index (χ2n) is 10.9. The smallest absolute Gasteiger partial charge is 0.420 e. The van der Waals surface area contributed by atoms with E-state index in [1.54, 1.807) is 39.0 Å². The minimum atomic E-state index is -0.519. The van der Waals surface area contributed by atoms with Crippen molar-refractivity contribution < 1.29 is 19.0 Å². The molecule has 46 heavy (non-hydrogen) atoms. The van der Waals surface area contributed by atoms with Crippen LogP contribution < -0.4 is 9.47 Å². The van der Waals surface area contributed by atoms with Gasteiger partial charge in [0.1, 0.15) is 16.9 Å². The third-order valence-electron chi connectivity index (χ3n) is 6.65. The minimum absolute atomic E-state index is 0.424. The molecule has 0 radical (unpaired) electrons. The van der Waals surface area contributed by atoms with Crippen molar-refractivity contribution in [3.05, 3.63) is 101 Å². The van der Waals surface area contributed by atoms with Gasteiger partial charge in [0.2, 0.25) is 0 Å². The van der Waals surface area contributed by atoms with Crippen molar-refractivity contribution in [1.29, 1.82) is 0 Å². The number of carbonyl (C=O) groups is 1. The lowest BCUT2D eigenvalue weighted by atomic mass is 10.1. The standard InChI is InChI=1S/C15H14N2O2.C12H13BrN2O2.C7H5BrN2/c1-18-13-6-5-10(8-14(13)19-2)12-9-17-15-11(12)4-3-7-16-15;1-12(2,3)17-11(16)15-7-9(13)8-5-4-6-14-10(8)15;8-6-4-10-7-5(6)2-1-3-9-7/h3-9H,1-2H3,(H,16,17);4-7H,1-3H3;1-4H,(H,9,10). The SMILES string of the molecule is Brc1c[nH]c2ncccc12.CC(C)(C)OC(=O)n1cc(Br)c2cccnc21.COc1ccc(-c2c[nH]c3ncccc23)cc1OC. The first kappa shape index (κ1) is 32.7. The fourth-order valence-electron chi connectivity index (χ4n) is 4.59. The molecule has 0 bridgehead atoms. The van der Waals surface area contributed by atoms with E-state index in [-0.39, 0.29) is 0 Å². The van der Waals surface area contributed by atoms with Crippen molar-refractivity contribution in [1.82, 2.24) is 29.5 Å². The van der Waals surface area contributed by atoms with Crippen LogP contribution in [0.25, 0.3) is 44.2 Å².